The van der Waals surface area contributed by atoms with Gasteiger partial charge < -0.3 is 19.1 Å². The Balaban J connectivity index is 1.05. The molecular weight excluding hydrogens is 540 g/mol. The smallest absolute Gasteiger partial charge is 0.335 e. The lowest BCUT2D eigenvalue weighted by Crippen LogP contribution is -2.37. The van der Waals surface area contributed by atoms with Crippen LogP contribution in [-0.2, 0) is 29.8 Å². The van der Waals surface area contributed by atoms with Crippen LogP contribution >= 0.6 is 11.6 Å². The molecular formula is C32H33ClN4O4. The van der Waals surface area contributed by atoms with Gasteiger partial charge in [0.2, 0.25) is 5.88 Å². The van der Waals surface area contributed by atoms with Crippen LogP contribution in [0.5, 0.6) is 5.88 Å². The quantitative estimate of drug-likeness (QED) is 0.278. The SMILES string of the molecule is Cc1ccc(COc2cccc([C@@]34CCN(Cc5nc6ccc(C(=O)O)cc6n5C[C@@H]5CCO5)C[C@@H]3C4)n2)c(Cl)c1. The minimum absolute atomic E-state index is 0.105. The second kappa shape index (κ2) is 10.4. The van der Waals surface area contributed by atoms with E-state index in [-0.39, 0.29) is 17.1 Å². The number of ether oxygens (including phenoxy) is 2. The summed E-state index contributed by atoms with van der Waals surface area (Å²) >= 11 is 6.40. The topological polar surface area (TPSA) is 89.7 Å². The highest BCUT2D eigenvalue weighted by atomic mass is 35.5. The fourth-order valence-electron chi connectivity index (χ4n) is 6.43. The minimum Gasteiger partial charge on any atom is -0.478 e. The number of carboxylic acid groups (broad SMARTS) is 1. The second-order valence-electron chi connectivity index (χ2n) is 11.7. The normalized spacial score (nSPS) is 23.7. The predicted octanol–water partition coefficient (Wildman–Crippen LogP) is 5.62. The van der Waals surface area contributed by atoms with Gasteiger partial charge in [-0.1, -0.05) is 29.8 Å². The first kappa shape index (κ1) is 26.4. The van der Waals surface area contributed by atoms with Gasteiger partial charge in [0, 0.05) is 35.2 Å². The molecule has 0 amide bonds. The summed E-state index contributed by atoms with van der Waals surface area (Å²) in [6.07, 6.45) is 3.32. The lowest BCUT2D eigenvalue weighted by Gasteiger charge is -2.32. The Kier molecular flexibility index (Phi) is 6.72. The summed E-state index contributed by atoms with van der Waals surface area (Å²) in [5, 5.41) is 10.2. The van der Waals surface area contributed by atoms with E-state index in [0.29, 0.717) is 30.0 Å². The van der Waals surface area contributed by atoms with Crippen molar-refractivity contribution in [2.45, 2.75) is 57.4 Å². The monoisotopic (exact) mass is 572 g/mol. The third kappa shape index (κ3) is 5.09. The number of aromatic carboxylic acids is 1. The molecule has 0 spiro atoms. The second-order valence-corrected chi connectivity index (χ2v) is 12.1. The number of aryl methyl sites for hydroxylation is 1. The number of nitrogens with zero attached hydrogens (tertiary/aromatic N) is 4. The highest BCUT2D eigenvalue weighted by Crippen LogP contribution is 2.59. The Bertz CT molecular complexity index is 1630. The Morgan fingerprint density at radius 2 is 2.07 bits per heavy atom. The van der Waals surface area contributed by atoms with Crippen molar-refractivity contribution in [3.8, 4) is 5.88 Å². The van der Waals surface area contributed by atoms with Crippen LogP contribution in [0.1, 0.15) is 52.3 Å². The molecule has 41 heavy (non-hydrogen) atoms. The molecule has 4 heterocycles. The number of halogens is 1. The van der Waals surface area contributed by atoms with E-state index in [0.717, 1.165) is 79.2 Å². The summed E-state index contributed by atoms with van der Waals surface area (Å²) in [5.41, 5.74) is 5.27. The van der Waals surface area contributed by atoms with Gasteiger partial charge in [0.25, 0.3) is 0 Å². The summed E-state index contributed by atoms with van der Waals surface area (Å²) in [5.74, 6) is 1.21. The molecule has 0 unspecified atom stereocenters. The van der Waals surface area contributed by atoms with E-state index in [9.17, 15) is 9.90 Å². The molecule has 3 aliphatic rings. The molecule has 2 aromatic heterocycles. The minimum atomic E-state index is -0.927. The number of benzene rings is 2. The maximum Gasteiger partial charge on any atom is 0.335 e. The number of piperidine rings is 1. The van der Waals surface area contributed by atoms with Crippen LogP contribution in [-0.4, -0.2) is 56.3 Å². The maximum absolute atomic E-state index is 11.6. The van der Waals surface area contributed by atoms with Crippen LogP contribution in [0.3, 0.4) is 0 Å². The average molecular weight is 573 g/mol. The predicted molar refractivity (Wildman–Crippen MR) is 155 cm³/mol. The highest BCUT2D eigenvalue weighted by Gasteiger charge is 2.58. The zero-order valence-corrected chi connectivity index (χ0v) is 23.8. The van der Waals surface area contributed by atoms with Crippen LogP contribution in [0.25, 0.3) is 11.0 Å². The number of rotatable bonds is 9. The van der Waals surface area contributed by atoms with E-state index in [4.69, 9.17) is 31.0 Å². The Morgan fingerprint density at radius 3 is 2.83 bits per heavy atom. The number of imidazole rings is 1. The van der Waals surface area contributed by atoms with Gasteiger partial charge in [-0.15, -0.1) is 0 Å². The van der Waals surface area contributed by atoms with E-state index < -0.39 is 5.97 Å². The highest BCUT2D eigenvalue weighted by molar-refractivity contribution is 6.31. The van der Waals surface area contributed by atoms with Crippen molar-refractivity contribution < 1.29 is 19.4 Å². The Hall–Kier alpha value is -3.46. The average Bonchev–Trinajstić information content (AvgIpc) is 3.58. The first-order valence-corrected chi connectivity index (χ1v) is 14.7. The number of hydrogen-bond acceptors (Lipinski definition) is 6. The molecule has 3 atom stereocenters. The zero-order valence-electron chi connectivity index (χ0n) is 23.1. The van der Waals surface area contributed by atoms with E-state index in [1.807, 2.05) is 43.3 Å². The third-order valence-corrected chi connectivity index (χ3v) is 9.37. The molecule has 1 aliphatic carbocycles. The number of carboxylic acids is 1. The van der Waals surface area contributed by atoms with Crippen LogP contribution in [0.2, 0.25) is 5.02 Å². The molecule has 2 saturated heterocycles. The molecule has 7 rings (SSSR count). The van der Waals surface area contributed by atoms with Crippen molar-refractivity contribution in [3.05, 3.63) is 87.8 Å². The lowest BCUT2D eigenvalue weighted by molar-refractivity contribution is -0.0592. The first-order chi connectivity index (χ1) is 19.9. The molecule has 1 saturated carbocycles. The number of carbonyl (C=O) groups is 1. The van der Waals surface area contributed by atoms with Gasteiger partial charge in [0.05, 0.1) is 41.5 Å². The maximum atomic E-state index is 11.6. The lowest BCUT2D eigenvalue weighted by atomic mass is 9.91. The van der Waals surface area contributed by atoms with Crippen molar-refractivity contribution in [3.63, 3.8) is 0 Å². The van der Waals surface area contributed by atoms with Crippen molar-refractivity contribution in [2.24, 2.45) is 5.92 Å². The van der Waals surface area contributed by atoms with Crippen LogP contribution < -0.4 is 4.74 Å². The fourth-order valence-corrected chi connectivity index (χ4v) is 6.72. The van der Waals surface area contributed by atoms with Gasteiger partial charge in [-0.05, 0) is 74.5 Å². The van der Waals surface area contributed by atoms with Crippen molar-refractivity contribution in [1.82, 2.24) is 19.4 Å². The zero-order chi connectivity index (χ0) is 28.1. The third-order valence-electron chi connectivity index (χ3n) is 9.02. The number of hydrogen-bond donors (Lipinski definition) is 1. The molecule has 0 bridgehead atoms. The van der Waals surface area contributed by atoms with E-state index in [2.05, 4.69) is 15.5 Å². The van der Waals surface area contributed by atoms with Crippen molar-refractivity contribution >= 4 is 28.6 Å². The molecule has 2 aliphatic heterocycles. The van der Waals surface area contributed by atoms with Gasteiger partial charge >= 0.3 is 5.97 Å². The molecule has 3 fully saturated rings. The molecule has 4 aromatic rings. The van der Waals surface area contributed by atoms with Gasteiger partial charge in [-0.3, -0.25) is 4.90 Å². The molecule has 212 valence electrons. The molecule has 9 heteroatoms. The molecule has 1 N–H and O–H groups in total. The molecule has 0 radical (unpaired) electrons. The number of aromatic nitrogens is 3. The molecule has 2 aromatic carbocycles. The number of fused-ring (bicyclic) bond motifs is 2. The van der Waals surface area contributed by atoms with Gasteiger partial charge in [-0.2, -0.15) is 0 Å². The summed E-state index contributed by atoms with van der Waals surface area (Å²) < 4.78 is 13.9. The number of pyridine rings is 1. The Labute approximate surface area is 243 Å². The van der Waals surface area contributed by atoms with E-state index >= 15 is 0 Å². The van der Waals surface area contributed by atoms with Crippen LogP contribution in [0.4, 0.5) is 0 Å². The van der Waals surface area contributed by atoms with Gasteiger partial charge in [-0.25, -0.2) is 14.8 Å². The number of likely N-dealkylation sites (tertiary alicyclic amines) is 1. The standard InChI is InChI=1S/C32H33ClN4O4/c1-20-5-6-22(25(33)13-20)19-41-30-4-2-3-28(35-30)32-10-11-36(16-23(32)15-32)18-29-34-26-8-7-21(31(38)39)14-27(26)37(29)17-24-9-12-40-24/h2-8,13-14,23-24H,9-12,15-19H2,1H3,(H,38,39)/t23-,24-,32+/m0/s1. The first-order valence-electron chi connectivity index (χ1n) is 14.3. The van der Waals surface area contributed by atoms with E-state index in [1.54, 1.807) is 12.1 Å². The van der Waals surface area contributed by atoms with Crippen molar-refractivity contribution in [2.75, 3.05) is 19.7 Å². The summed E-state index contributed by atoms with van der Waals surface area (Å²) in [6.45, 7) is 6.55. The van der Waals surface area contributed by atoms with Gasteiger partial charge in [0.15, 0.2) is 0 Å². The summed E-state index contributed by atoms with van der Waals surface area (Å²) in [6, 6.07) is 17.3. The summed E-state index contributed by atoms with van der Waals surface area (Å²) in [7, 11) is 0. The van der Waals surface area contributed by atoms with Gasteiger partial charge in [0.1, 0.15) is 12.4 Å². The fraction of sp³-hybridized carbons (Fsp3) is 0.406. The Morgan fingerprint density at radius 1 is 1.20 bits per heavy atom. The van der Waals surface area contributed by atoms with Crippen LogP contribution in [0, 0.1) is 12.8 Å². The largest absolute Gasteiger partial charge is 0.478 e. The van der Waals surface area contributed by atoms with Crippen LogP contribution in [0.15, 0.2) is 54.6 Å². The summed E-state index contributed by atoms with van der Waals surface area (Å²) in [4.78, 5) is 24.0. The van der Waals surface area contributed by atoms with E-state index in [1.165, 1.54) is 0 Å². The van der Waals surface area contributed by atoms with Crippen molar-refractivity contribution in [1.29, 1.82) is 0 Å². The molecule has 8 nitrogen and oxygen atoms in total.